The number of hydrogen-bond donors (Lipinski definition) is 0. The van der Waals surface area contributed by atoms with Crippen molar-refractivity contribution in [1.82, 2.24) is 4.90 Å². The van der Waals surface area contributed by atoms with E-state index in [9.17, 15) is 18.0 Å². The molecule has 0 radical (unpaired) electrons. The van der Waals surface area contributed by atoms with Crippen LogP contribution in [0, 0.1) is 5.92 Å². The maximum atomic E-state index is 14.1. The largest absolute Gasteiger partial charge is 0.497 e. The van der Waals surface area contributed by atoms with Gasteiger partial charge in [-0.1, -0.05) is 23.2 Å². The van der Waals surface area contributed by atoms with Crippen LogP contribution in [0.1, 0.15) is 40.5 Å². The Hall–Kier alpha value is -2.69. The topological polar surface area (TPSA) is 102 Å². The van der Waals surface area contributed by atoms with E-state index in [1.807, 2.05) is 0 Å². The smallest absolute Gasteiger partial charge is 0.410 e. The molecule has 0 saturated carbocycles. The van der Waals surface area contributed by atoms with Crippen molar-refractivity contribution >= 4 is 51.0 Å². The third-order valence-corrected chi connectivity index (χ3v) is 8.34. The summed E-state index contributed by atoms with van der Waals surface area (Å²) >= 11 is 12.4. The quantitative estimate of drug-likeness (QED) is 0.299. The Kier molecular flexibility index (Phi) is 9.43. The standard InChI is InChI=1S/C26H32Cl2N2O7S/c1-17(31)36-23-9-7-20(35-5)15-22(23)30(38(33,34)24-14-19(27)6-8-21(24)28)16-18-10-12-29(13-11-18)25(32)37-26(2,3)4/h6-9,14-15,18H,10-13,16H2,1-5H3. The lowest BCUT2D eigenvalue weighted by Gasteiger charge is -2.36. The monoisotopic (exact) mass is 586 g/mol. The number of carbonyl (C=O) groups is 2. The zero-order chi connectivity index (χ0) is 28.3. The van der Waals surface area contributed by atoms with Gasteiger partial charge in [-0.2, -0.15) is 0 Å². The van der Waals surface area contributed by atoms with Crippen molar-refractivity contribution in [1.29, 1.82) is 0 Å². The summed E-state index contributed by atoms with van der Waals surface area (Å²) in [4.78, 5) is 25.8. The SMILES string of the molecule is COc1ccc(OC(C)=O)c(N(CC2CCN(C(=O)OC(C)(C)C)CC2)S(=O)(=O)c2cc(Cl)ccc2Cl)c1. The molecule has 9 nitrogen and oxygen atoms in total. The number of esters is 1. The number of anilines is 1. The van der Waals surface area contributed by atoms with Crippen LogP contribution in [0.3, 0.4) is 0 Å². The summed E-state index contributed by atoms with van der Waals surface area (Å²) in [6.07, 6.45) is 0.652. The second-order valence-corrected chi connectivity index (χ2v) is 12.6. The fourth-order valence-corrected chi connectivity index (χ4v) is 6.32. The maximum Gasteiger partial charge on any atom is 0.410 e. The molecule has 2 aromatic rings. The van der Waals surface area contributed by atoms with Gasteiger partial charge in [0.1, 0.15) is 16.2 Å². The van der Waals surface area contributed by atoms with E-state index in [0.29, 0.717) is 31.7 Å². The predicted molar refractivity (Wildman–Crippen MR) is 146 cm³/mol. The zero-order valence-electron chi connectivity index (χ0n) is 22.0. The number of carbonyl (C=O) groups excluding carboxylic acids is 2. The Balaban J connectivity index is 2.00. The predicted octanol–water partition coefficient (Wildman–Crippen LogP) is 5.77. The minimum atomic E-state index is -4.28. The molecular weight excluding hydrogens is 555 g/mol. The molecule has 0 aliphatic carbocycles. The molecule has 1 fully saturated rings. The van der Waals surface area contributed by atoms with Crippen molar-refractivity contribution in [3.05, 3.63) is 46.4 Å². The summed E-state index contributed by atoms with van der Waals surface area (Å²) in [5, 5.41) is 0.195. The van der Waals surface area contributed by atoms with Gasteiger partial charge in [-0.25, -0.2) is 13.2 Å². The summed E-state index contributed by atoms with van der Waals surface area (Å²) in [6, 6.07) is 8.72. The molecule has 1 saturated heterocycles. The lowest BCUT2D eigenvalue weighted by atomic mass is 9.97. The van der Waals surface area contributed by atoms with E-state index in [-0.39, 0.29) is 38.8 Å². The van der Waals surface area contributed by atoms with Crippen LogP contribution in [0.25, 0.3) is 0 Å². The average Bonchev–Trinajstić information content (AvgIpc) is 2.83. The van der Waals surface area contributed by atoms with Crippen LogP contribution >= 0.6 is 23.2 Å². The van der Waals surface area contributed by atoms with E-state index in [4.69, 9.17) is 37.4 Å². The van der Waals surface area contributed by atoms with E-state index >= 15 is 0 Å². The van der Waals surface area contributed by atoms with Crippen LogP contribution in [0.2, 0.25) is 10.0 Å². The van der Waals surface area contributed by atoms with Crippen molar-refractivity contribution in [2.45, 2.75) is 51.0 Å². The van der Waals surface area contributed by atoms with Gasteiger partial charge in [0.15, 0.2) is 5.75 Å². The first-order valence-corrected chi connectivity index (χ1v) is 14.2. The van der Waals surface area contributed by atoms with Crippen molar-refractivity contribution in [3.63, 3.8) is 0 Å². The first-order chi connectivity index (χ1) is 17.7. The van der Waals surface area contributed by atoms with Gasteiger partial charge in [0.2, 0.25) is 0 Å². The summed E-state index contributed by atoms with van der Waals surface area (Å²) in [6.45, 7) is 7.48. The molecule has 0 atom stereocenters. The lowest BCUT2D eigenvalue weighted by Crippen LogP contribution is -2.44. The second kappa shape index (κ2) is 12.0. The number of amides is 1. The molecule has 1 amide bonds. The number of nitrogens with zero attached hydrogens (tertiary/aromatic N) is 2. The highest BCUT2D eigenvalue weighted by atomic mass is 35.5. The maximum absolute atomic E-state index is 14.1. The number of benzene rings is 2. The Labute approximate surface area is 233 Å². The Morgan fingerprint density at radius 1 is 1.08 bits per heavy atom. The van der Waals surface area contributed by atoms with Crippen LogP contribution < -0.4 is 13.8 Å². The third-order valence-electron chi connectivity index (χ3n) is 5.84. The summed E-state index contributed by atoms with van der Waals surface area (Å²) in [5.74, 6) is -0.322. The van der Waals surface area contributed by atoms with Gasteiger partial charge < -0.3 is 19.1 Å². The van der Waals surface area contributed by atoms with Crippen LogP contribution in [0.15, 0.2) is 41.3 Å². The minimum absolute atomic E-state index is 0.00363. The third kappa shape index (κ3) is 7.45. The molecule has 38 heavy (non-hydrogen) atoms. The van der Waals surface area contributed by atoms with Crippen LogP contribution in [0.4, 0.5) is 10.5 Å². The van der Waals surface area contributed by atoms with E-state index in [1.54, 1.807) is 31.7 Å². The van der Waals surface area contributed by atoms with Crippen molar-refractivity contribution < 1.29 is 32.2 Å². The van der Waals surface area contributed by atoms with E-state index in [0.717, 1.165) is 0 Å². The molecule has 0 unspecified atom stereocenters. The molecule has 12 heteroatoms. The number of hydrogen-bond acceptors (Lipinski definition) is 7. The minimum Gasteiger partial charge on any atom is -0.497 e. The number of sulfonamides is 1. The molecule has 208 valence electrons. The first-order valence-electron chi connectivity index (χ1n) is 12.0. The van der Waals surface area contributed by atoms with Crippen LogP contribution in [-0.4, -0.2) is 57.7 Å². The number of halogens is 2. The Bertz CT molecular complexity index is 1290. The number of likely N-dealkylation sites (tertiary alicyclic amines) is 1. The highest BCUT2D eigenvalue weighted by molar-refractivity contribution is 7.93. The van der Waals surface area contributed by atoms with Crippen molar-refractivity contribution in [2.75, 3.05) is 31.0 Å². The molecular formula is C26H32Cl2N2O7S. The molecule has 1 heterocycles. The zero-order valence-corrected chi connectivity index (χ0v) is 24.3. The Morgan fingerprint density at radius 2 is 1.74 bits per heavy atom. The summed E-state index contributed by atoms with van der Waals surface area (Å²) < 4.78 is 45.5. The van der Waals surface area contributed by atoms with Gasteiger partial charge in [0.05, 0.1) is 17.8 Å². The molecule has 0 aromatic heterocycles. The van der Waals surface area contributed by atoms with E-state index in [2.05, 4.69) is 0 Å². The van der Waals surface area contributed by atoms with Gasteiger partial charge in [-0.3, -0.25) is 9.10 Å². The molecule has 0 N–H and O–H groups in total. The normalized spacial score (nSPS) is 14.7. The highest BCUT2D eigenvalue weighted by Crippen LogP contribution is 2.39. The van der Waals surface area contributed by atoms with E-state index < -0.39 is 27.7 Å². The van der Waals surface area contributed by atoms with Gasteiger partial charge >= 0.3 is 12.1 Å². The average molecular weight is 588 g/mol. The fourth-order valence-electron chi connectivity index (χ4n) is 4.04. The van der Waals surface area contributed by atoms with Gasteiger partial charge in [0.25, 0.3) is 10.0 Å². The highest BCUT2D eigenvalue weighted by Gasteiger charge is 2.34. The van der Waals surface area contributed by atoms with Gasteiger partial charge in [-0.05, 0) is 69.9 Å². The summed E-state index contributed by atoms with van der Waals surface area (Å²) in [7, 11) is -2.83. The van der Waals surface area contributed by atoms with Crippen LogP contribution in [0.5, 0.6) is 11.5 Å². The van der Waals surface area contributed by atoms with Gasteiger partial charge in [-0.15, -0.1) is 0 Å². The second-order valence-electron chi connectivity index (χ2n) is 9.95. The molecule has 0 bridgehead atoms. The molecule has 1 aliphatic rings. The van der Waals surface area contributed by atoms with Crippen LogP contribution in [-0.2, 0) is 19.6 Å². The molecule has 0 spiro atoms. The molecule has 2 aromatic carbocycles. The van der Waals surface area contributed by atoms with Crippen molar-refractivity contribution in [3.8, 4) is 11.5 Å². The number of piperidine rings is 1. The molecule has 1 aliphatic heterocycles. The van der Waals surface area contributed by atoms with Gasteiger partial charge in [0, 0.05) is 37.6 Å². The Morgan fingerprint density at radius 3 is 2.32 bits per heavy atom. The van der Waals surface area contributed by atoms with E-state index in [1.165, 1.54) is 48.7 Å². The summed E-state index contributed by atoms with van der Waals surface area (Å²) in [5.41, 5.74) is -0.501. The number of rotatable bonds is 7. The number of ether oxygens (including phenoxy) is 3. The van der Waals surface area contributed by atoms with Crippen molar-refractivity contribution in [2.24, 2.45) is 5.92 Å². The lowest BCUT2D eigenvalue weighted by molar-refractivity contribution is -0.131. The first kappa shape index (κ1) is 29.9. The number of methoxy groups -OCH3 is 1. The fraction of sp³-hybridized carbons (Fsp3) is 0.462. The molecule has 3 rings (SSSR count).